The molecular formula is C24H27N3O4S. The van der Waals surface area contributed by atoms with Crippen molar-refractivity contribution in [2.24, 2.45) is 0 Å². The van der Waals surface area contributed by atoms with Gasteiger partial charge in [0, 0.05) is 30.5 Å². The predicted molar refractivity (Wildman–Crippen MR) is 128 cm³/mol. The molecule has 0 bridgehead atoms. The largest absolute Gasteiger partial charge is 0.495 e. The Balaban J connectivity index is 1.83. The van der Waals surface area contributed by atoms with Gasteiger partial charge in [-0.25, -0.2) is 8.42 Å². The molecule has 168 valence electrons. The van der Waals surface area contributed by atoms with Crippen molar-refractivity contribution in [2.45, 2.75) is 18.7 Å². The molecule has 0 heterocycles. The molecule has 0 aliphatic rings. The van der Waals surface area contributed by atoms with Crippen LogP contribution in [0.4, 0.5) is 17.1 Å². The fourth-order valence-electron chi connectivity index (χ4n) is 3.15. The zero-order valence-electron chi connectivity index (χ0n) is 18.5. The highest BCUT2D eigenvalue weighted by Crippen LogP contribution is 2.28. The molecule has 2 N–H and O–H groups in total. The van der Waals surface area contributed by atoms with E-state index in [1.807, 2.05) is 26.1 Å². The van der Waals surface area contributed by atoms with Crippen molar-refractivity contribution >= 4 is 33.0 Å². The summed E-state index contributed by atoms with van der Waals surface area (Å²) >= 11 is 0. The zero-order chi connectivity index (χ0) is 23.3. The van der Waals surface area contributed by atoms with Crippen LogP contribution in [0.25, 0.3) is 0 Å². The number of carbonyl (C=O) groups excluding carboxylic acids is 1. The lowest BCUT2D eigenvalue weighted by Gasteiger charge is -2.17. The molecule has 0 radical (unpaired) electrons. The first-order chi connectivity index (χ1) is 15.2. The van der Waals surface area contributed by atoms with E-state index in [9.17, 15) is 13.2 Å². The summed E-state index contributed by atoms with van der Waals surface area (Å²) in [6.07, 6.45) is 0. The van der Waals surface area contributed by atoms with Crippen LogP contribution in [0, 0.1) is 6.92 Å². The third-order valence-electron chi connectivity index (χ3n) is 5.13. The summed E-state index contributed by atoms with van der Waals surface area (Å²) in [4.78, 5) is 14.8. The fourth-order valence-corrected chi connectivity index (χ4v) is 4.49. The van der Waals surface area contributed by atoms with Crippen LogP contribution in [0.15, 0.2) is 71.6 Å². The number of hydrogen-bond acceptors (Lipinski definition) is 5. The minimum Gasteiger partial charge on any atom is -0.495 e. The summed E-state index contributed by atoms with van der Waals surface area (Å²) in [7, 11) is -0.456. The number of benzene rings is 3. The van der Waals surface area contributed by atoms with E-state index in [0.29, 0.717) is 28.3 Å². The second-order valence-corrected chi connectivity index (χ2v) is 8.95. The smallest absolute Gasteiger partial charge is 0.262 e. The Hall–Kier alpha value is -3.52. The minimum absolute atomic E-state index is 0.0705. The molecule has 3 aromatic rings. The van der Waals surface area contributed by atoms with Gasteiger partial charge in [0.2, 0.25) is 0 Å². The number of rotatable bonds is 8. The van der Waals surface area contributed by atoms with Crippen molar-refractivity contribution in [1.29, 1.82) is 0 Å². The molecule has 1 amide bonds. The van der Waals surface area contributed by atoms with E-state index in [1.54, 1.807) is 55.5 Å². The summed E-state index contributed by atoms with van der Waals surface area (Å²) in [5.41, 5.74) is 2.76. The molecule has 0 aromatic heterocycles. The van der Waals surface area contributed by atoms with Crippen LogP contribution in [0.2, 0.25) is 0 Å². The molecular weight excluding hydrogens is 426 g/mol. The van der Waals surface area contributed by atoms with Gasteiger partial charge < -0.3 is 15.0 Å². The van der Waals surface area contributed by atoms with Gasteiger partial charge in [0.25, 0.3) is 15.9 Å². The number of nitrogens with zero attached hydrogens (tertiary/aromatic N) is 1. The molecule has 3 aromatic carbocycles. The second kappa shape index (κ2) is 9.74. The number of amides is 1. The van der Waals surface area contributed by atoms with E-state index in [4.69, 9.17) is 4.74 Å². The molecule has 0 fully saturated rings. The molecule has 7 nitrogen and oxygen atoms in total. The Kier molecular flexibility index (Phi) is 7.05. The highest BCUT2D eigenvalue weighted by Gasteiger charge is 2.20. The van der Waals surface area contributed by atoms with Gasteiger partial charge in [-0.15, -0.1) is 0 Å². The van der Waals surface area contributed by atoms with Crippen LogP contribution in [0.5, 0.6) is 5.75 Å². The topological polar surface area (TPSA) is 87.7 Å². The van der Waals surface area contributed by atoms with Crippen molar-refractivity contribution in [1.82, 2.24) is 0 Å². The first kappa shape index (κ1) is 23.1. The number of para-hydroxylation sites is 2. The highest BCUT2D eigenvalue weighted by atomic mass is 32.2. The molecule has 32 heavy (non-hydrogen) atoms. The monoisotopic (exact) mass is 453 g/mol. The SMILES string of the molecule is CCN(C)c1ccc(C(=O)Nc2ccc(C)c(S(=O)(=O)Nc3ccccc3OC)c2)cc1. The van der Waals surface area contributed by atoms with Gasteiger partial charge in [-0.2, -0.15) is 0 Å². The van der Waals surface area contributed by atoms with E-state index in [2.05, 4.69) is 14.9 Å². The van der Waals surface area contributed by atoms with Crippen molar-refractivity contribution in [3.63, 3.8) is 0 Å². The molecule has 0 aliphatic carbocycles. The van der Waals surface area contributed by atoms with Crippen LogP contribution < -0.4 is 19.7 Å². The highest BCUT2D eigenvalue weighted by molar-refractivity contribution is 7.92. The fraction of sp³-hybridized carbons (Fsp3) is 0.208. The summed E-state index contributed by atoms with van der Waals surface area (Å²) < 4.78 is 33.9. The van der Waals surface area contributed by atoms with Gasteiger partial charge in [-0.1, -0.05) is 18.2 Å². The molecule has 0 spiro atoms. The number of sulfonamides is 1. The van der Waals surface area contributed by atoms with Crippen LogP contribution in [0.1, 0.15) is 22.8 Å². The third-order valence-corrected chi connectivity index (χ3v) is 6.64. The maximum Gasteiger partial charge on any atom is 0.262 e. The number of nitrogens with one attached hydrogen (secondary N) is 2. The lowest BCUT2D eigenvalue weighted by Crippen LogP contribution is -2.17. The van der Waals surface area contributed by atoms with Gasteiger partial charge in [0.05, 0.1) is 17.7 Å². The Morgan fingerprint density at radius 3 is 2.38 bits per heavy atom. The number of anilines is 3. The van der Waals surface area contributed by atoms with Crippen LogP contribution in [-0.2, 0) is 10.0 Å². The quantitative estimate of drug-likeness (QED) is 0.524. The van der Waals surface area contributed by atoms with Gasteiger partial charge in [0.1, 0.15) is 5.75 Å². The Morgan fingerprint density at radius 2 is 1.72 bits per heavy atom. The molecule has 0 saturated carbocycles. The first-order valence-corrected chi connectivity index (χ1v) is 11.6. The van der Waals surface area contributed by atoms with Gasteiger partial charge in [-0.3, -0.25) is 9.52 Å². The summed E-state index contributed by atoms with van der Waals surface area (Å²) in [6, 6.07) is 18.8. The van der Waals surface area contributed by atoms with E-state index in [0.717, 1.165) is 12.2 Å². The summed E-state index contributed by atoms with van der Waals surface area (Å²) in [5.74, 6) is 0.0935. The van der Waals surface area contributed by atoms with E-state index in [1.165, 1.54) is 13.2 Å². The van der Waals surface area contributed by atoms with Gasteiger partial charge >= 0.3 is 0 Å². The average Bonchev–Trinajstić information content (AvgIpc) is 2.79. The molecule has 0 atom stereocenters. The van der Waals surface area contributed by atoms with E-state index >= 15 is 0 Å². The summed E-state index contributed by atoms with van der Waals surface area (Å²) in [6.45, 7) is 4.60. The van der Waals surface area contributed by atoms with Crippen LogP contribution in [-0.4, -0.2) is 35.0 Å². The standard InChI is InChI=1S/C24H27N3O4S/c1-5-27(3)20-14-11-18(12-15-20)24(28)25-19-13-10-17(2)23(16-19)32(29,30)26-21-8-6-7-9-22(21)31-4/h6-16,26H,5H2,1-4H3,(H,25,28). The number of ether oxygens (including phenoxy) is 1. The molecule has 8 heteroatoms. The zero-order valence-corrected chi connectivity index (χ0v) is 19.4. The predicted octanol–water partition coefficient (Wildman–Crippen LogP) is 4.51. The van der Waals surface area contributed by atoms with Crippen molar-refractivity contribution < 1.29 is 17.9 Å². The van der Waals surface area contributed by atoms with Crippen LogP contribution in [0.3, 0.4) is 0 Å². The number of hydrogen-bond donors (Lipinski definition) is 2. The maximum atomic E-state index is 13.0. The first-order valence-electron chi connectivity index (χ1n) is 10.1. The molecule has 0 aliphatic heterocycles. The normalized spacial score (nSPS) is 11.0. The van der Waals surface area contributed by atoms with Crippen LogP contribution >= 0.6 is 0 Å². The molecule has 3 rings (SSSR count). The lowest BCUT2D eigenvalue weighted by molar-refractivity contribution is 0.102. The van der Waals surface area contributed by atoms with Crippen molar-refractivity contribution in [3.05, 3.63) is 77.9 Å². The molecule has 0 unspecified atom stereocenters. The summed E-state index contributed by atoms with van der Waals surface area (Å²) in [5, 5.41) is 2.78. The van der Waals surface area contributed by atoms with Crippen molar-refractivity contribution in [3.8, 4) is 5.75 Å². The number of methoxy groups -OCH3 is 1. The Labute approximate surface area is 189 Å². The number of aryl methyl sites for hydroxylation is 1. The van der Waals surface area contributed by atoms with E-state index in [-0.39, 0.29) is 10.8 Å². The minimum atomic E-state index is -3.90. The Bertz CT molecular complexity index is 1210. The van der Waals surface area contributed by atoms with E-state index < -0.39 is 10.0 Å². The lowest BCUT2D eigenvalue weighted by atomic mass is 10.1. The third kappa shape index (κ3) is 5.20. The van der Waals surface area contributed by atoms with Gasteiger partial charge in [0.15, 0.2) is 0 Å². The molecule has 0 saturated heterocycles. The maximum absolute atomic E-state index is 13.0. The van der Waals surface area contributed by atoms with Crippen molar-refractivity contribution in [2.75, 3.05) is 35.6 Å². The Morgan fingerprint density at radius 1 is 1.03 bits per heavy atom. The van der Waals surface area contributed by atoms with Gasteiger partial charge in [-0.05, 0) is 67.9 Å². The number of carbonyl (C=O) groups is 1. The second-order valence-electron chi connectivity index (χ2n) is 7.30. The average molecular weight is 454 g/mol.